The number of benzene rings is 1. The lowest BCUT2D eigenvalue weighted by molar-refractivity contribution is 0.531. The van der Waals surface area contributed by atoms with Crippen molar-refractivity contribution in [1.82, 2.24) is 4.98 Å². The van der Waals surface area contributed by atoms with E-state index in [0.717, 1.165) is 11.3 Å². The molecule has 1 N–H and O–H groups in total. The molecule has 0 radical (unpaired) electrons. The van der Waals surface area contributed by atoms with Gasteiger partial charge in [0.25, 0.3) is 0 Å². The van der Waals surface area contributed by atoms with E-state index in [2.05, 4.69) is 10.3 Å². The standard InChI is InChI=1S/C16H12F2N2O/c17-12-3-1-11(2-4-12)15-7-6-14(21-15)10-19-13-5-8-16(18)20-9-13/h1-9,19H,10H2. The van der Waals surface area contributed by atoms with Gasteiger partial charge in [0.2, 0.25) is 5.95 Å². The third kappa shape index (κ3) is 3.25. The smallest absolute Gasteiger partial charge is 0.212 e. The van der Waals surface area contributed by atoms with Crippen molar-refractivity contribution in [2.75, 3.05) is 5.32 Å². The molecule has 0 fully saturated rings. The molecule has 5 heteroatoms. The number of pyridine rings is 1. The van der Waals surface area contributed by atoms with E-state index in [-0.39, 0.29) is 5.82 Å². The number of nitrogens with zero attached hydrogens (tertiary/aromatic N) is 1. The average molecular weight is 286 g/mol. The van der Waals surface area contributed by atoms with Gasteiger partial charge in [-0.25, -0.2) is 9.37 Å². The monoisotopic (exact) mass is 286 g/mol. The molecule has 1 aromatic carbocycles. The van der Waals surface area contributed by atoms with E-state index in [1.807, 2.05) is 12.1 Å². The number of hydrogen-bond acceptors (Lipinski definition) is 3. The third-order valence-corrected chi connectivity index (χ3v) is 2.98. The van der Waals surface area contributed by atoms with E-state index >= 15 is 0 Å². The van der Waals surface area contributed by atoms with Crippen molar-refractivity contribution in [2.24, 2.45) is 0 Å². The van der Waals surface area contributed by atoms with Crippen molar-refractivity contribution >= 4 is 5.69 Å². The van der Waals surface area contributed by atoms with Crippen molar-refractivity contribution < 1.29 is 13.2 Å². The van der Waals surface area contributed by atoms with Gasteiger partial charge < -0.3 is 9.73 Å². The molecule has 0 amide bonds. The van der Waals surface area contributed by atoms with Crippen LogP contribution in [0.4, 0.5) is 14.5 Å². The van der Waals surface area contributed by atoms with Gasteiger partial charge >= 0.3 is 0 Å². The highest BCUT2D eigenvalue weighted by Gasteiger charge is 2.05. The lowest BCUT2D eigenvalue weighted by Crippen LogP contribution is -1.98. The zero-order chi connectivity index (χ0) is 14.7. The zero-order valence-corrected chi connectivity index (χ0v) is 11.0. The van der Waals surface area contributed by atoms with Gasteiger partial charge in [-0.1, -0.05) is 0 Å². The Labute approximate surface area is 120 Å². The highest BCUT2D eigenvalue weighted by molar-refractivity contribution is 5.57. The molecule has 3 aromatic rings. The van der Waals surface area contributed by atoms with Gasteiger partial charge in [0.1, 0.15) is 17.3 Å². The van der Waals surface area contributed by atoms with Gasteiger partial charge in [0.05, 0.1) is 18.4 Å². The van der Waals surface area contributed by atoms with Crippen molar-refractivity contribution in [3.05, 3.63) is 72.3 Å². The predicted octanol–water partition coefficient (Wildman–Crippen LogP) is 4.23. The molecule has 106 valence electrons. The van der Waals surface area contributed by atoms with E-state index < -0.39 is 5.95 Å². The maximum atomic E-state index is 12.9. The first-order chi connectivity index (χ1) is 10.2. The van der Waals surface area contributed by atoms with Crippen LogP contribution in [0.1, 0.15) is 5.76 Å². The normalized spacial score (nSPS) is 10.6. The van der Waals surface area contributed by atoms with Gasteiger partial charge in [-0.05, 0) is 48.5 Å². The summed E-state index contributed by atoms with van der Waals surface area (Å²) in [5, 5.41) is 3.08. The number of hydrogen-bond donors (Lipinski definition) is 1. The Morgan fingerprint density at radius 3 is 2.48 bits per heavy atom. The molecule has 3 rings (SSSR count). The molecule has 0 atom stereocenters. The predicted molar refractivity (Wildman–Crippen MR) is 75.6 cm³/mol. The van der Waals surface area contributed by atoms with E-state index in [1.165, 1.54) is 24.4 Å². The summed E-state index contributed by atoms with van der Waals surface area (Å²) in [5.41, 5.74) is 1.52. The fourth-order valence-corrected chi connectivity index (χ4v) is 1.91. The second-order valence-electron chi connectivity index (χ2n) is 4.50. The first-order valence-corrected chi connectivity index (χ1v) is 6.41. The topological polar surface area (TPSA) is 38.1 Å². The molecule has 0 bridgehead atoms. The van der Waals surface area contributed by atoms with Gasteiger partial charge in [0, 0.05) is 5.56 Å². The molecular formula is C16H12F2N2O. The Hall–Kier alpha value is -2.69. The molecule has 0 saturated heterocycles. The summed E-state index contributed by atoms with van der Waals surface area (Å²) in [6, 6.07) is 12.7. The average Bonchev–Trinajstić information content (AvgIpc) is 2.96. The van der Waals surface area contributed by atoms with Gasteiger partial charge in [-0.3, -0.25) is 0 Å². The van der Waals surface area contributed by atoms with Crippen molar-refractivity contribution in [3.8, 4) is 11.3 Å². The Balaban J connectivity index is 1.67. The van der Waals surface area contributed by atoms with Crippen LogP contribution < -0.4 is 5.32 Å². The van der Waals surface area contributed by atoms with Gasteiger partial charge in [-0.15, -0.1) is 0 Å². The lowest BCUT2D eigenvalue weighted by Gasteiger charge is -2.03. The van der Waals surface area contributed by atoms with Crippen LogP contribution in [0.2, 0.25) is 0 Å². The summed E-state index contributed by atoms with van der Waals surface area (Å²) in [5.74, 6) is 0.593. The number of halogens is 2. The van der Waals surface area contributed by atoms with Crippen LogP contribution in [0, 0.1) is 11.8 Å². The van der Waals surface area contributed by atoms with Gasteiger partial charge in [-0.2, -0.15) is 4.39 Å². The molecule has 0 aliphatic rings. The minimum atomic E-state index is -0.517. The molecule has 0 aliphatic heterocycles. The SMILES string of the molecule is Fc1ccc(-c2ccc(CNc3ccc(F)nc3)o2)cc1. The molecule has 3 nitrogen and oxygen atoms in total. The maximum Gasteiger partial charge on any atom is 0.212 e. The van der Waals surface area contributed by atoms with Crippen LogP contribution in [0.5, 0.6) is 0 Å². The van der Waals surface area contributed by atoms with Crippen LogP contribution in [0.3, 0.4) is 0 Å². The molecule has 0 saturated carbocycles. The largest absolute Gasteiger partial charge is 0.459 e. The van der Waals surface area contributed by atoms with Crippen LogP contribution >= 0.6 is 0 Å². The quantitative estimate of drug-likeness (QED) is 0.729. The minimum Gasteiger partial charge on any atom is -0.459 e. The number of anilines is 1. The van der Waals surface area contributed by atoms with E-state index in [1.54, 1.807) is 18.2 Å². The number of furan rings is 1. The van der Waals surface area contributed by atoms with Crippen molar-refractivity contribution in [1.29, 1.82) is 0 Å². The minimum absolute atomic E-state index is 0.281. The first-order valence-electron chi connectivity index (χ1n) is 6.41. The lowest BCUT2D eigenvalue weighted by atomic mass is 10.2. The number of aromatic nitrogens is 1. The highest BCUT2D eigenvalue weighted by Crippen LogP contribution is 2.22. The van der Waals surface area contributed by atoms with Crippen molar-refractivity contribution in [2.45, 2.75) is 6.54 Å². The number of nitrogens with one attached hydrogen (secondary N) is 1. The summed E-state index contributed by atoms with van der Waals surface area (Å²) < 4.78 is 31.2. The van der Waals surface area contributed by atoms with E-state index in [9.17, 15) is 8.78 Å². The van der Waals surface area contributed by atoms with Gasteiger partial charge in [0.15, 0.2) is 0 Å². The highest BCUT2D eigenvalue weighted by atomic mass is 19.1. The van der Waals surface area contributed by atoms with Crippen LogP contribution in [-0.4, -0.2) is 4.98 Å². The van der Waals surface area contributed by atoms with Crippen LogP contribution in [0.25, 0.3) is 11.3 Å². The number of rotatable bonds is 4. The van der Waals surface area contributed by atoms with E-state index in [0.29, 0.717) is 18.0 Å². The van der Waals surface area contributed by atoms with E-state index in [4.69, 9.17) is 4.42 Å². The summed E-state index contributed by atoms with van der Waals surface area (Å²) in [6.45, 7) is 0.453. The van der Waals surface area contributed by atoms with Crippen molar-refractivity contribution in [3.63, 3.8) is 0 Å². The maximum absolute atomic E-state index is 12.9. The Morgan fingerprint density at radius 1 is 0.952 bits per heavy atom. The summed E-state index contributed by atoms with van der Waals surface area (Å²) >= 11 is 0. The zero-order valence-electron chi connectivity index (χ0n) is 11.0. The fraction of sp³-hybridized carbons (Fsp3) is 0.0625. The summed E-state index contributed by atoms with van der Waals surface area (Å²) in [7, 11) is 0. The van der Waals surface area contributed by atoms with Crippen LogP contribution in [0.15, 0.2) is 59.1 Å². The molecular weight excluding hydrogens is 274 g/mol. The Kier molecular flexibility index (Phi) is 3.64. The van der Waals surface area contributed by atoms with Crippen LogP contribution in [-0.2, 0) is 6.54 Å². The molecule has 2 aromatic heterocycles. The second-order valence-corrected chi connectivity index (χ2v) is 4.50. The Morgan fingerprint density at radius 2 is 1.76 bits per heavy atom. The summed E-state index contributed by atoms with van der Waals surface area (Å²) in [6.07, 6.45) is 1.42. The first kappa shape index (κ1) is 13.3. The molecule has 0 unspecified atom stereocenters. The fourth-order valence-electron chi connectivity index (χ4n) is 1.91. The molecule has 0 spiro atoms. The Bertz CT molecular complexity index is 721. The third-order valence-electron chi connectivity index (χ3n) is 2.98. The molecule has 2 heterocycles. The second kappa shape index (κ2) is 5.75. The molecule has 0 aliphatic carbocycles. The molecule has 21 heavy (non-hydrogen) atoms. The summed E-state index contributed by atoms with van der Waals surface area (Å²) in [4.78, 5) is 3.56.